The molecule has 0 unspecified atom stereocenters. The van der Waals surface area contributed by atoms with Crippen LogP contribution in [0.5, 0.6) is 0 Å². The lowest BCUT2D eigenvalue weighted by molar-refractivity contribution is 0.0602. The Kier molecular flexibility index (Phi) is 4.29. The van der Waals surface area contributed by atoms with E-state index in [1.54, 1.807) is 18.2 Å². The van der Waals surface area contributed by atoms with Gasteiger partial charge in [-0.1, -0.05) is 22.0 Å². The molecule has 0 bridgehead atoms. The fourth-order valence-corrected chi connectivity index (χ4v) is 2.15. The molecule has 104 valence electrons. The van der Waals surface area contributed by atoms with Gasteiger partial charge in [-0.15, -0.1) is 0 Å². The monoisotopic (exact) mass is 334 g/mol. The van der Waals surface area contributed by atoms with E-state index in [0.717, 1.165) is 15.7 Å². The second-order valence-electron chi connectivity index (χ2n) is 4.39. The Morgan fingerprint density at radius 3 is 2.65 bits per heavy atom. The molecule has 0 atom stereocenters. The van der Waals surface area contributed by atoms with Gasteiger partial charge in [-0.2, -0.15) is 0 Å². The molecule has 0 fully saturated rings. The summed E-state index contributed by atoms with van der Waals surface area (Å²) in [6.07, 6.45) is 0. The second-order valence-corrected chi connectivity index (χ2v) is 5.24. The first-order valence-electron chi connectivity index (χ1n) is 6.02. The molecule has 0 radical (unpaired) electrons. The Bertz CT molecular complexity index is 656. The topological polar surface area (TPSA) is 64.3 Å². The third kappa shape index (κ3) is 3.11. The van der Waals surface area contributed by atoms with Crippen molar-refractivity contribution in [3.63, 3.8) is 0 Å². The molecule has 20 heavy (non-hydrogen) atoms. The van der Waals surface area contributed by atoms with Crippen molar-refractivity contribution in [1.82, 2.24) is 0 Å². The van der Waals surface area contributed by atoms with Crippen molar-refractivity contribution in [3.8, 4) is 0 Å². The number of benzene rings is 2. The molecule has 2 aromatic carbocycles. The lowest BCUT2D eigenvalue weighted by Gasteiger charge is -2.12. The van der Waals surface area contributed by atoms with E-state index in [1.807, 2.05) is 25.1 Å². The molecule has 0 aromatic heterocycles. The molecule has 0 aliphatic carbocycles. The van der Waals surface area contributed by atoms with E-state index in [-0.39, 0.29) is 0 Å². The first kappa shape index (κ1) is 14.4. The third-order valence-electron chi connectivity index (χ3n) is 2.90. The number of hydrogen-bond donors (Lipinski definition) is 2. The van der Waals surface area contributed by atoms with Crippen LogP contribution in [0.15, 0.2) is 40.9 Å². The number of aryl methyl sites for hydroxylation is 1. The van der Waals surface area contributed by atoms with E-state index < -0.39 is 5.97 Å². The van der Waals surface area contributed by atoms with Crippen LogP contribution >= 0.6 is 15.9 Å². The smallest absolute Gasteiger partial charge is 0.340 e. The van der Waals surface area contributed by atoms with Crippen LogP contribution in [0.3, 0.4) is 0 Å². The molecule has 0 spiro atoms. The number of carbonyl (C=O) groups is 1. The van der Waals surface area contributed by atoms with Gasteiger partial charge in [-0.05, 0) is 42.8 Å². The highest BCUT2D eigenvalue weighted by Crippen LogP contribution is 2.27. The average molecular weight is 335 g/mol. The van der Waals surface area contributed by atoms with E-state index >= 15 is 0 Å². The zero-order valence-corrected chi connectivity index (χ0v) is 12.8. The zero-order chi connectivity index (χ0) is 14.7. The Hall–Kier alpha value is -2.01. The summed E-state index contributed by atoms with van der Waals surface area (Å²) in [5, 5.41) is 3.20. The number of ether oxygens (including phenoxy) is 1. The number of hydrogen-bond acceptors (Lipinski definition) is 4. The quantitative estimate of drug-likeness (QED) is 0.660. The van der Waals surface area contributed by atoms with E-state index in [9.17, 15) is 4.79 Å². The first-order chi connectivity index (χ1) is 9.51. The maximum Gasteiger partial charge on any atom is 0.340 e. The third-order valence-corrected chi connectivity index (χ3v) is 3.75. The number of methoxy groups -OCH3 is 1. The number of nitrogens with one attached hydrogen (secondary N) is 1. The van der Waals surface area contributed by atoms with Crippen LogP contribution in [0.4, 0.5) is 17.1 Å². The van der Waals surface area contributed by atoms with E-state index in [1.165, 1.54) is 7.11 Å². The summed E-state index contributed by atoms with van der Waals surface area (Å²) in [5.74, 6) is -0.425. The number of carbonyl (C=O) groups excluding carboxylic acids is 1. The maximum atomic E-state index is 11.8. The average Bonchev–Trinajstić information content (AvgIpc) is 2.44. The molecule has 0 amide bonds. The lowest BCUT2D eigenvalue weighted by atomic mass is 10.1. The van der Waals surface area contributed by atoms with Gasteiger partial charge >= 0.3 is 5.97 Å². The number of esters is 1. The molecule has 0 aliphatic rings. The predicted octanol–water partition coefficient (Wildman–Crippen LogP) is 3.87. The highest BCUT2D eigenvalue weighted by atomic mass is 79.9. The molecule has 2 aromatic rings. The Morgan fingerprint density at radius 1 is 1.25 bits per heavy atom. The SMILES string of the molecule is COC(=O)c1cc(N)ccc1Nc1ccc(C)c(Br)c1. The van der Waals surface area contributed by atoms with Gasteiger partial charge in [0.1, 0.15) is 0 Å². The van der Waals surface area contributed by atoms with Crippen molar-refractivity contribution in [2.75, 3.05) is 18.2 Å². The molecular weight excluding hydrogens is 320 g/mol. The van der Waals surface area contributed by atoms with Gasteiger partial charge in [0, 0.05) is 15.8 Å². The van der Waals surface area contributed by atoms with Crippen molar-refractivity contribution in [2.24, 2.45) is 0 Å². The van der Waals surface area contributed by atoms with Gasteiger partial charge in [0.05, 0.1) is 18.4 Å². The summed E-state index contributed by atoms with van der Waals surface area (Å²) >= 11 is 3.48. The summed E-state index contributed by atoms with van der Waals surface area (Å²) < 4.78 is 5.77. The van der Waals surface area contributed by atoms with Gasteiger partial charge in [-0.25, -0.2) is 4.79 Å². The summed E-state index contributed by atoms with van der Waals surface area (Å²) in [6, 6.07) is 11.0. The Balaban J connectivity index is 2.37. The normalized spacial score (nSPS) is 10.2. The van der Waals surface area contributed by atoms with Crippen LogP contribution < -0.4 is 11.1 Å². The maximum absolute atomic E-state index is 11.8. The van der Waals surface area contributed by atoms with E-state index in [0.29, 0.717) is 16.9 Å². The van der Waals surface area contributed by atoms with Crippen molar-refractivity contribution in [1.29, 1.82) is 0 Å². The van der Waals surface area contributed by atoms with Crippen LogP contribution in [0, 0.1) is 6.92 Å². The summed E-state index contributed by atoms with van der Waals surface area (Å²) in [5.41, 5.74) is 9.30. The van der Waals surface area contributed by atoms with Crippen molar-refractivity contribution < 1.29 is 9.53 Å². The second kappa shape index (κ2) is 5.96. The highest BCUT2D eigenvalue weighted by molar-refractivity contribution is 9.10. The number of nitrogens with two attached hydrogens (primary N) is 1. The first-order valence-corrected chi connectivity index (χ1v) is 6.81. The van der Waals surface area contributed by atoms with E-state index in [4.69, 9.17) is 10.5 Å². The fourth-order valence-electron chi connectivity index (χ4n) is 1.78. The lowest BCUT2D eigenvalue weighted by Crippen LogP contribution is -2.06. The molecule has 2 rings (SSSR count). The van der Waals surface area contributed by atoms with Gasteiger partial charge < -0.3 is 15.8 Å². The Morgan fingerprint density at radius 2 is 2.00 bits per heavy atom. The van der Waals surface area contributed by atoms with Crippen LogP contribution in [-0.4, -0.2) is 13.1 Å². The molecule has 0 aliphatic heterocycles. The number of anilines is 3. The summed E-state index contributed by atoms with van der Waals surface area (Å²) in [4.78, 5) is 11.8. The fraction of sp³-hybridized carbons (Fsp3) is 0.133. The standard InChI is InChI=1S/C15H15BrN2O2/c1-9-3-5-11(8-13(9)16)18-14-6-4-10(17)7-12(14)15(19)20-2/h3-8,18H,17H2,1-2H3. The molecule has 0 saturated heterocycles. The summed E-state index contributed by atoms with van der Waals surface area (Å²) in [7, 11) is 1.35. The number of nitrogen functional groups attached to an aromatic ring is 1. The minimum absolute atomic E-state index is 0.407. The highest BCUT2D eigenvalue weighted by Gasteiger charge is 2.12. The minimum Gasteiger partial charge on any atom is -0.465 e. The van der Waals surface area contributed by atoms with E-state index in [2.05, 4.69) is 21.2 Å². The minimum atomic E-state index is -0.425. The van der Waals surface area contributed by atoms with Crippen LogP contribution in [0.1, 0.15) is 15.9 Å². The molecule has 0 heterocycles. The van der Waals surface area contributed by atoms with Crippen LogP contribution in [0.2, 0.25) is 0 Å². The number of halogens is 1. The van der Waals surface area contributed by atoms with Gasteiger partial charge in [0.25, 0.3) is 0 Å². The van der Waals surface area contributed by atoms with Crippen molar-refractivity contribution in [3.05, 3.63) is 52.0 Å². The van der Waals surface area contributed by atoms with Gasteiger partial charge in [0.2, 0.25) is 0 Å². The zero-order valence-electron chi connectivity index (χ0n) is 11.2. The largest absolute Gasteiger partial charge is 0.465 e. The molecule has 4 nitrogen and oxygen atoms in total. The molecule has 0 saturated carbocycles. The Labute approximate surface area is 126 Å². The van der Waals surface area contributed by atoms with Crippen molar-refractivity contribution in [2.45, 2.75) is 6.92 Å². The molecule has 5 heteroatoms. The number of rotatable bonds is 3. The predicted molar refractivity (Wildman–Crippen MR) is 84.4 cm³/mol. The van der Waals surface area contributed by atoms with Crippen LogP contribution in [-0.2, 0) is 4.74 Å². The van der Waals surface area contributed by atoms with Crippen molar-refractivity contribution >= 4 is 39.0 Å². The van der Waals surface area contributed by atoms with Gasteiger partial charge in [-0.3, -0.25) is 0 Å². The van der Waals surface area contributed by atoms with Gasteiger partial charge in [0.15, 0.2) is 0 Å². The molecular formula is C15H15BrN2O2. The summed E-state index contributed by atoms with van der Waals surface area (Å²) in [6.45, 7) is 2.01. The van der Waals surface area contributed by atoms with Crippen LogP contribution in [0.25, 0.3) is 0 Å². The molecule has 3 N–H and O–H groups in total.